The van der Waals surface area contributed by atoms with E-state index in [1.807, 2.05) is 6.92 Å². The van der Waals surface area contributed by atoms with Crippen molar-refractivity contribution in [3.05, 3.63) is 53.6 Å². The number of aromatic nitrogens is 6. The second-order valence-electron chi connectivity index (χ2n) is 13.4. The number of carbonyl (C=O) groups is 3. The number of nitrogens with zero attached hydrogens (tertiary/aromatic N) is 6. The number of nitrogens with one attached hydrogen (secondary N) is 2. The van der Waals surface area contributed by atoms with Crippen molar-refractivity contribution in [2.45, 2.75) is 97.7 Å². The highest BCUT2D eigenvalue weighted by molar-refractivity contribution is 7.13. The lowest BCUT2D eigenvalue weighted by atomic mass is 9.93. The van der Waals surface area contributed by atoms with Gasteiger partial charge in [-0.3, -0.25) is 9.48 Å². The van der Waals surface area contributed by atoms with Crippen LogP contribution in [0.2, 0.25) is 0 Å². The van der Waals surface area contributed by atoms with Crippen LogP contribution >= 0.6 is 11.3 Å². The third kappa shape index (κ3) is 9.72. The van der Waals surface area contributed by atoms with E-state index in [4.69, 9.17) is 14.2 Å². The van der Waals surface area contributed by atoms with Crippen LogP contribution in [-0.4, -0.2) is 71.9 Å². The van der Waals surface area contributed by atoms with Crippen LogP contribution < -0.4 is 10.6 Å². The highest BCUT2D eigenvalue weighted by Crippen LogP contribution is 2.35. The number of anilines is 1. The van der Waals surface area contributed by atoms with Crippen LogP contribution in [0.15, 0.2) is 36.1 Å². The Bertz CT molecular complexity index is 1840. The summed E-state index contributed by atoms with van der Waals surface area (Å²) in [5.74, 6) is -3.18. The summed E-state index contributed by atoms with van der Waals surface area (Å²) in [7, 11) is 0. The summed E-state index contributed by atoms with van der Waals surface area (Å²) in [6.07, 6.45) is 7.33. The molecule has 4 aromatic rings. The van der Waals surface area contributed by atoms with Gasteiger partial charge in [-0.15, -0.1) is 11.3 Å². The standard InChI is InChI=1S/C34H42F2N8O6S/c1-7-48-22-10-8-21(9-11-22)44-16-24(29(42-44)28-23(35)12-13-26(36)40-28)38-30(45)25-17-51-31(39-25)20-14-37-43(15-20)18-49-32(46)27(19(2)3)41-33(47)50-34(4,5)6/h12-17,19,21-22,27H,7-11,18H2,1-6H3,(H,38,45)(H,41,47)/t21?,22?,27-/m0/s1. The van der Waals surface area contributed by atoms with E-state index in [2.05, 4.69) is 30.8 Å². The molecule has 2 amide bonds. The van der Waals surface area contributed by atoms with Gasteiger partial charge in [0.2, 0.25) is 5.95 Å². The highest BCUT2D eigenvalue weighted by Gasteiger charge is 2.29. The van der Waals surface area contributed by atoms with Crippen molar-refractivity contribution in [3.63, 3.8) is 0 Å². The minimum atomic E-state index is -0.939. The summed E-state index contributed by atoms with van der Waals surface area (Å²) in [5, 5.41) is 16.1. The molecule has 0 bridgehead atoms. The molecule has 2 N–H and O–H groups in total. The molecule has 5 rings (SSSR count). The Hall–Kier alpha value is -4.77. The van der Waals surface area contributed by atoms with Crippen LogP contribution in [0.4, 0.5) is 19.3 Å². The van der Waals surface area contributed by atoms with Crippen LogP contribution in [-0.2, 0) is 25.7 Å². The van der Waals surface area contributed by atoms with Gasteiger partial charge < -0.3 is 24.8 Å². The predicted octanol–water partition coefficient (Wildman–Crippen LogP) is 6.37. The molecule has 4 heterocycles. The van der Waals surface area contributed by atoms with Gasteiger partial charge in [0.1, 0.15) is 33.7 Å². The fourth-order valence-electron chi connectivity index (χ4n) is 5.54. The maximum atomic E-state index is 14.9. The number of rotatable bonds is 12. The van der Waals surface area contributed by atoms with Gasteiger partial charge in [0.05, 0.1) is 24.0 Å². The molecule has 17 heteroatoms. The monoisotopic (exact) mass is 728 g/mol. The van der Waals surface area contributed by atoms with E-state index >= 15 is 0 Å². The first kappa shape index (κ1) is 37.5. The summed E-state index contributed by atoms with van der Waals surface area (Å²) >= 11 is 1.19. The fourth-order valence-corrected chi connectivity index (χ4v) is 6.31. The predicted molar refractivity (Wildman–Crippen MR) is 184 cm³/mol. The minimum absolute atomic E-state index is 0.000409. The molecular weight excluding hydrogens is 686 g/mol. The lowest BCUT2D eigenvalue weighted by Crippen LogP contribution is -2.47. The molecule has 0 aliphatic heterocycles. The number of esters is 1. The molecule has 274 valence electrons. The molecule has 0 saturated heterocycles. The summed E-state index contributed by atoms with van der Waals surface area (Å²) < 4.78 is 48.5. The molecule has 1 fully saturated rings. The SMILES string of the molecule is CCOC1CCC(n2cc(NC(=O)c3csc(-c4cnn(COC(=O)[C@@H](NC(=O)OC(C)(C)C)C(C)C)c4)n3)c(-c3nc(F)ccc3F)n2)CC1. The lowest BCUT2D eigenvalue weighted by Gasteiger charge is -2.28. The molecule has 1 atom stereocenters. The van der Waals surface area contributed by atoms with E-state index in [1.165, 1.54) is 22.2 Å². The Morgan fingerprint density at radius 2 is 1.80 bits per heavy atom. The quantitative estimate of drug-likeness (QED) is 0.124. The Kier molecular flexibility index (Phi) is 11.8. The summed E-state index contributed by atoms with van der Waals surface area (Å²) in [6.45, 7) is 11.1. The summed E-state index contributed by atoms with van der Waals surface area (Å²) in [5.41, 5.74) is -0.254. The van der Waals surface area contributed by atoms with Crippen molar-refractivity contribution >= 4 is 35.0 Å². The van der Waals surface area contributed by atoms with E-state index in [9.17, 15) is 23.2 Å². The van der Waals surface area contributed by atoms with E-state index < -0.39 is 41.4 Å². The molecule has 4 aromatic heterocycles. The number of hydrogen-bond donors (Lipinski definition) is 2. The van der Waals surface area contributed by atoms with Crippen LogP contribution in [0.5, 0.6) is 0 Å². The first-order valence-corrected chi connectivity index (χ1v) is 17.6. The Morgan fingerprint density at radius 3 is 2.49 bits per heavy atom. The molecule has 51 heavy (non-hydrogen) atoms. The third-order valence-corrected chi connectivity index (χ3v) is 8.88. The molecular formula is C34H42F2N8O6S. The fraction of sp³-hybridized carbons (Fsp3) is 0.500. The average molecular weight is 729 g/mol. The highest BCUT2D eigenvalue weighted by atomic mass is 32.1. The number of pyridine rings is 1. The van der Waals surface area contributed by atoms with Gasteiger partial charge in [0.15, 0.2) is 12.5 Å². The molecule has 1 saturated carbocycles. The van der Waals surface area contributed by atoms with Gasteiger partial charge in [-0.2, -0.15) is 14.6 Å². The second-order valence-corrected chi connectivity index (χ2v) is 14.3. The summed E-state index contributed by atoms with van der Waals surface area (Å²) in [4.78, 5) is 46.6. The van der Waals surface area contributed by atoms with Crippen LogP contribution in [0.1, 0.15) is 83.8 Å². The zero-order chi connectivity index (χ0) is 36.9. The molecule has 0 unspecified atom stereocenters. The first-order valence-electron chi connectivity index (χ1n) is 16.7. The molecule has 0 radical (unpaired) electrons. The van der Waals surface area contributed by atoms with E-state index in [0.717, 1.165) is 37.8 Å². The number of thiazole rings is 1. The molecule has 1 aliphatic carbocycles. The van der Waals surface area contributed by atoms with E-state index in [-0.39, 0.29) is 47.6 Å². The van der Waals surface area contributed by atoms with Gasteiger partial charge >= 0.3 is 12.1 Å². The average Bonchev–Trinajstić information content (AvgIpc) is 3.84. The van der Waals surface area contributed by atoms with Gasteiger partial charge in [-0.1, -0.05) is 13.8 Å². The zero-order valence-electron chi connectivity index (χ0n) is 29.3. The Morgan fingerprint density at radius 1 is 1.06 bits per heavy atom. The number of amides is 2. The second kappa shape index (κ2) is 16.1. The number of hydrogen-bond acceptors (Lipinski definition) is 11. The number of ether oxygens (including phenoxy) is 3. The minimum Gasteiger partial charge on any atom is -0.444 e. The Balaban J connectivity index is 1.26. The Labute approximate surface area is 297 Å². The van der Waals surface area contributed by atoms with E-state index in [1.54, 1.807) is 57.1 Å². The van der Waals surface area contributed by atoms with Crippen LogP contribution in [0, 0.1) is 17.7 Å². The van der Waals surface area contributed by atoms with Gasteiger partial charge in [-0.25, -0.2) is 28.6 Å². The maximum absolute atomic E-state index is 14.9. The molecule has 14 nitrogen and oxygen atoms in total. The van der Waals surface area contributed by atoms with Crippen molar-refractivity contribution in [2.75, 3.05) is 11.9 Å². The number of alkyl carbamates (subject to hydrolysis) is 1. The van der Waals surface area contributed by atoms with Crippen molar-refractivity contribution in [3.8, 4) is 22.0 Å². The lowest BCUT2D eigenvalue weighted by molar-refractivity contribution is -0.151. The normalized spacial score (nSPS) is 16.9. The molecule has 0 aromatic carbocycles. The zero-order valence-corrected chi connectivity index (χ0v) is 30.1. The van der Waals surface area contributed by atoms with Gasteiger partial charge in [0, 0.05) is 29.9 Å². The summed E-state index contributed by atoms with van der Waals surface area (Å²) in [6, 6.07) is 0.916. The van der Waals surface area contributed by atoms with Crippen LogP contribution in [0.3, 0.4) is 0 Å². The van der Waals surface area contributed by atoms with Crippen molar-refractivity contribution in [1.29, 1.82) is 0 Å². The molecule has 0 spiro atoms. The number of carbonyl (C=O) groups excluding carboxylic acids is 3. The molecule has 1 aliphatic rings. The van der Waals surface area contributed by atoms with Gasteiger partial charge in [-0.05, 0) is 71.4 Å². The van der Waals surface area contributed by atoms with Crippen LogP contribution in [0.25, 0.3) is 22.0 Å². The maximum Gasteiger partial charge on any atom is 0.408 e. The first-order chi connectivity index (χ1) is 24.2. The smallest absolute Gasteiger partial charge is 0.408 e. The topological polar surface area (TPSA) is 164 Å². The van der Waals surface area contributed by atoms with Crippen molar-refractivity contribution < 1.29 is 37.4 Å². The van der Waals surface area contributed by atoms with Crippen molar-refractivity contribution in [1.82, 2.24) is 34.8 Å². The largest absolute Gasteiger partial charge is 0.444 e. The number of halogens is 2. The third-order valence-electron chi connectivity index (χ3n) is 7.99. The van der Waals surface area contributed by atoms with E-state index in [0.29, 0.717) is 17.2 Å². The van der Waals surface area contributed by atoms with Gasteiger partial charge in [0.25, 0.3) is 5.91 Å². The van der Waals surface area contributed by atoms with Crippen molar-refractivity contribution in [2.24, 2.45) is 5.92 Å².